The molecule has 3 fully saturated rings. The molecule has 1 N–H and O–H groups in total. The van der Waals surface area contributed by atoms with Gasteiger partial charge in [-0.05, 0) is 68.4 Å². The zero-order chi connectivity index (χ0) is 15.0. The van der Waals surface area contributed by atoms with Crippen molar-refractivity contribution >= 4 is 0 Å². The van der Waals surface area contributed by atoms with Crippen molar-refractivity contribution in [2.24, 2.45) is 23.2 Å². The number of rotatable bonds is 4. The highest BCUT2D eigenvalue weighted by Crippen LogP contribution is 2.44. The Morgan fingerprint density at radius 2 is 1.76 bits per heavy atom. The predicted molar refractivity (Wildman–Crippen MR) is 90.5 cm³/mol. The Bertz CT molecular complexity index is 343. The van der Waals surface area contributed by atoms with E-state index < -0.39 is 0 Å². The van der Waals surface area contributed by atoms with E-state index in [9.17, 15) is 0 Å². The second-order valence-electron chi connectivity index (χ2n) is 8.60. The van der Waals surface area contributed by atoms with Crippen LogP contribution in [0, 0.1) is 23.2 Å². The van der Waals surface area contributed by atoms with E-state index in [2.05, 4.69) is 37.9 Å². The maximum atomic E-state index is 3.62. The SMILES string of the molecule is CCC1C2CNCC2CN1C1CCC(C(C)(C)CC)CC1. The van der Waals surface area contributed by atoms with Crippen LogP contribution in [0.1, 0.15) is 66.2 Å². The summed E-state index contributed by atoms with van der Waals surface area (Å²) in [5, 5.41) is 3.62. The second-order valence-corrected chi connectivity index (χ2v) is 8.60. The van der Waals surface area contributed by atoms with Crippen molar-refractivity contribution in [1.29, 1.82) is 0 Å². The summed E-state index contributed by atoms with van der Waals surface area (Å²) in [6.07, 6.45) is 8.52. The molecule has 3 rings (SSSR count). The fraction of sp³-hybridized carbons (Fsp3) is 1.00. The highest BCUT2D eigenvalue weighted by molar-refractivity contribution is 5.01. The summed E-state index contributed by atoms with van der Waals surface area (Å²) in [7, 11) is 0. The summed E-state index contributed by atoms with van der Waals surface area (Å²) in [6, 6.07) is 1.76. The highest BCUT2D eigenvalue weighted by atomic mass is 15.2. The number of hydrogen-bond donors (Lipinski definition) is 1. The summed E-state index contributed by atoms with van der Waals surface area (Å²) in [5.74, 6) is 2.85. The molecule has 2 nitrogen and oxygen atoms in total. The number of nitrogens with one attached hydrogen (secondary N) is 1. The van der Waals surface area contributed by atoms with Gasteiger partial charge in [0.1, 0.15) is 0 Å². The van der Waals surface area contributed by atoms with Gasteiger partial charge >= 0.3 is 0 Å². The number of fused-ring (bicyclic) bond motifs is 1. The van der Waals surface area contributed by atoms with Crippen molar-refractivity contribution in [3.8, 4) is 0 Å². The van der Waals surface area contributed by atoms with Crippen molar-refractivity contribution in [3.63, 3.8) is 0 Å². The van der Waals surface area contributed by atoms with Gasteiger partial charge in [-0.15, -0.1) is 0 Å². The van der Waals surface area contributed by atoms with Gasteiger partial charge < -0.3 is 5.32 Å². The van der Waals surface area contributed by atoms with E-state index in [0.29, 0.717) is 5.41 Å². The molecule has 21 heavy (non-hydrogen) atoms. The second kappa shape index (κ2) is 6.20. The minimum Gasteiger partial charge on any atom is -0.316 e. The molecule has 0 radical (unpaired) electrons. The molecule has 3 atom stereocenters. The van der Waals surface area contributed by atoms with Gasteiger partial charge in [0.25, 0.3) is 0 Å². The van der Waals surface area contributed by atoms with Crippen LogP contribution in [-0.2, 0) is 0 Å². The van der Waals surface area contributed by atoms with Crippen molar-refractivity contribution in [2.45, 2.75) is 78.3 Å². The zero-order valence-corrected chi connectivity index (χ0v) is 14.7. The van der Waals surface area contributed by atoms with Gasteiger partial charge in [0.05, 0.1) is 0 Å². The lowest BCUT2D eigenvalue weighted by atomic mass is 9.68. The van der Waals surface area contributed by atoms with E-state index in [-0.39, 0.29) is 0 Å². The quantitative estimate of drug-likeness (QED) is 0.845. The molecule has 2 heterocycles. The van der Waals surface area contributed by atoms with E-state index in [1.165, 1.54) is 58.2 Å². The van der Waals surface area contributed by atoms with E-state index in [1.807, 2.05) is 0 Å². The van der Waals surface area contributed by atoms with Crippen LogP contribution < -0.4 is 5.32 Å². The van der Waals surface area contributed by atoms with E-state index >= 15 is 0 Å². The molecule has 0 aromatic carbocycles. The first-order valence-electron chi connectivity index (χ1n) is 9.53. The molecule has 0 bridgehead atoms. The Kier molecular flexibility index (Phi) is 4.66. The van der Waals surface area contributed by atoms with Gasteiger partial charge in [0, 0.05) is 18.6 Å². The topological polar surface area (TPSA) is 15.3 Å². The Labute approximate surface area is 132 Å². The molecular formula is C19H36N2. The summed E-state index contributed by atoms with van der Waals surface area (Å²) in [6.45, 7) is 13.7. The van der Waals surface area contributed by atoms with E-state index in [4.69, 9.17) is 0 Å². The molecule has 122 valence electrons. The summed E-state index contributed by atoms with van der Waals surface area (Å²) < 4.78 is 0. The van der Waals surface area contributed by atoms with Crippen LogP contribution in [0.25, 0.3) is 0 Å². The third-order valence-corrected chi connectivity index (χ3v) is 7.36. The fourth-order valence-electron chi connectivity index (χ4n) is 5.49. The molecule has 1 saturated carbocycles. The monoisotopic (exact) mass is 292 g/mol. The number of hydrogen-bond acceptors (Lipinski definition) is 2. The number of nitrogens with zero attached hydrogens (tertiary/aromatic N) is 1. The van der Waals surface area contributed by atoms with Crippen LogP contribution in [0.4, 0.5) is 0 Å². The van der Waals surface area contributed by atoms with Gasteiger partial charge in [-0.1, -0.05) is 34.1 Å². The average Bonchev–Trinajstić information content (AvgIpc) is 3.07. The molecule has 1 aliphatic carbocycles. The summed E-state index contributed by atoms with van der Waals surface area (Å²) in [4.78, 5) is 2.94. The highest BCUT2D eigenvalue weighted by Gasteiger charge is 2.46. The molecular weight excluding hydrogens is 256 g/mol. The summed E-state index contributed by atoms with van der Waals surface area (Å²) >= 11 is 0. The predicted octanol–water partition coefficient (Wildman–Crippen LogP) is 3.91. The van der Waals surface area contributed by atoms with Gasteiger partial charge in [0.2, 0.25) is 0 Å². The minimum absolute atomic E-state index is 0.556. The molecule has 3 aliphatic rings. The fourth-order valence-corrected chi connectivity index (χ4v) is 5.49. The molecule has 0 aromatic heterocycles. The average molecular weight is 293 g/mol. The van der Waals surface area contributed by atoms with Gasteiger partial charge in [-0.2, -0.15) is 0 Å². The van der Waals surface area contributed by atoms with Crippen LogP contribution in [0.3, 0.4) is 0 Å². The first-order valence-corrected chi connectivity index (χ1v) is 9.53. The zero-order valence-electron chi connectivity index (χ0n) is 14.7. The van der Waals surface area contributed by atoms with Crippen molar-refractivity contribution in [3.05, 3.63) is 0 Å². The maximum Gasteiger partial charge on any atom is 0.0140 e. The van der Waals surface area contributed by atoms with Crippen LogP contribution in [0.2, 0.25) is 0 Å². The smallest absolute Gasteiger partial charge is 0.0140 e. The first kappa shape index (κ1) is 15.8. The Morgan fingerprint density at radius 3 is 2.38 bits per heavy atom. The first-order chi connectivity index (χ1) is 10.1. The van der Waals surface area contributed by atoms with E-state index in [0.717, 1.165) is 29.8 Å². The Morgan fingerprint density at radius 1 is 1.05 bits per heavy atom. The lowest BCUT2D eigenvalue weighted by Crippen LogP contribution is -2.45. The van der Waals surface area contributed by atoms with Crippen LogP contribution in [0.15, 0.2) is 0 Å². The standard InChI is InChI=1S/C19H36N2/c1-5-18-17-12-20-11-14(17)13-21(18)16-9-7-15(8-10-16)19(3,4)6-2/h14-18,20H,5-13H2,1-4H3. The minimum atomic E-state index is 0.556. The maximum absolute atomic E-state index is 3.62. The van der Waals surface area contributed by atoms with Gasteiger partial charge in [0.15, 0.2) is 0 Å². The number of likely N-dealkylation sites (tertiary alicyclic amines) is 1. The Balaban J connectivity index is 1.59. The summed E-state index contributed by atoms with van der Waals surface area (Å²) in [5.41, 5.74) is 0.556. The van der Waals surface area contributed by atoms with Crippen molar-refractivity contribution in [1.82, 2.24) is 10.2 Å². The van der Waals surface area contributed by atoms with Crippen molar-refractivity contribution < 1.29 is 0 Å². The van der Waals surface area contributed by atoms with Gasteiger partial charge in [-0.25, -0.2) is 0 Å². The molecule has 2 saturated heterocycles. The lowest BCUT2D eigenvalue weighted by molar-refractivity contribution is 0.0703. The van der Waals surface area contributed by atoms with Crippen molar-refractivity contribution in [2.75, 3.05) is 19.6 Å². The van der Waals surface area contributed by atoms with E-state index in [1.54, 1.807) is 0 Å². The van der Waals surface area contributed by atoms with Gasteiger partial charge in [-0.3, -0.25) is 4.90 Å². The van der Waals surface area contributed by atoms with Crippen LogP contribution in [-0.4, -0.2) is 36.6 Å². The molecule has 2 aliphatic heterocycles. The third kappa shape index (κ3) is 2.91. The largest absolute Gasteiger partial charge is 0.316 e. The normalized spacial score (nSPS) is 41.4. The third-order valence-electron chi connectivity index (χ3n) is 7.36. The molecule has 3 unspecified atom stereocenters. The van der Waals surface area contributed by atoms with Crippen LogP contribution in [0.5, 0.6) is 0 Å². The van der Waals surface area contributed by atoms with Crippen LogP contribution >= 0.6 is 0 Å². The molecule has 0 spiro atoms. The Hall–Kier alpha value is -0.0800. The molecule has 0 amide bonds. The molecule has 0 aromatic rings. The lowest BCUT2D eigenvalue weighted by Gasteiger charge is -2.43. The molecule has 2 heteroatoms.